The van der Waals surface area contributed by atoms with Crippen LogP contribution in [0.15, 0.2) is 41.8 Å². The largest absolute Gasteiger partial charge is 0.309 e. The average molecular weight is 276 g/mol. The molecule has 0 fully saturated rings. The predicted molar refractivity (Wildman–Crippen MR) is 79.0 cm³/mol. The van der Waals surface area contributed by atoms with E-state index < -0.39 is 9.84 Å². The highest BCUT2D eigenvalue weighted by Gasteiger charge is 2.18. The number of hydrogen-bond acceptors (Lipinski definition) is 4. The molecule has 0 aliphatic rings. The van der Waals surface area contributed by atoms with E-state index in [1.54, 1.807) is 25.1 Å². The molecule has 100 valence electrons. The lowest BCUT2D eigenvalue weighted by molar-refractivity contribution is 0.601. The van der Waals surface area contributed by atoms with Gasteiger partial charge in [-0.15, -0.1) is 0 Å². The lowest BCUT2D eigenvalue weighted by Gasteiger charge is -2.13. The maximum atomic E-state index is 11.8. The van der Waals surface area contributed by atoms with Crippen LogP contribution in [-0.4, -0.2) is 26.6 Å². The van der Waals surface area contributed by atoms with Crippen molar-refractivity contribution in [1.29, 1.82) is 10.8 Å². The topological polar surface area (TPSA) is 81.8 Å². The summed E-state index contributed by atoms with van der Waals surface area (Å²) >= 11 is 0. The van der Waals surface area contributed by atoms with Crippen molar-refractivity contribution >= 4 is 27.3 Å². The summed E-state index contributed by atoms with van der Waals surface area (Å²) in [5, 5.41) is 14.9. The molecule has 1 rings (SSSR count). The molecule has 0 amide bonds. The lowest BCUT2D eigenvalue weighted by Crippen LogP contribution is -2.09. The summed E-state index contributed by atoms with van der Waals surface area (Å²) in [7, 11) is -3.42. The first-order chi connectivity index (χ1) is 8.82. The minimum absolute atomic E-state index is 0.121. The fourth-order valence-electron chi connectivity index (χ4n) is 1.83. The van der Waals surface area contributed by atoms with E-state index in [1.165, 1.54) is 12.1 Å². The van der Waals surface area contributed by atoms with Crippen LogP contribution >= 0.6 is 0 Å². The molecule has 0 atom stereocenters. The molecule has 0 saturated heterocycles. The van der Waals surface area contributed by atoms with Crippen LogP contribution in [0.5, 0.6) is 0 Å². The van der Waals surface area contributed by atoms with Crippen molar-refractivity contribution in [3.63, 3.8) is 0 Å². The highest BCUT2D eigenvalue weighted by molar-refractivity contribution is 7.90. The van der Waals surface area contributed by atoms with Crippen molar-refractivity contribution in [3.05, 3.63) is 48.1 Å². The van der Waals surface area contributed by atoms with Crippen molar-refractivity contribution in [2.75, 3.05) is 6.26 Å². The normalized spacial score (nSPS) is 12.0. The van der Waals surface area contributed by atoms with Crippen LogP contribution in [0, 0.1) is 10.8 Å². The summed E-state index contributed by atoms with van der Waals surface area (Å²) in [5.41, 5.74) is 1.72. The molecule has 0 aliphatic carbocycles. The molecular formula is C14H16N2O2S. The Morgan fingerprint density at radius 3 is 2.42 bits per heavy atom. The standard InChI is InChI=1S/C14H16N2O2S/c1-4-11(8-9-15)12-6-5-7-13(19(3,17)18)14(12)10(2)16/h4-9,15-16H,1H2,2-3H3/b11-8+,15-9?,16-10?. The second kappa shape index (κ2) is 5.75. The zero-order valence-corrected chi connectivity index (χ0v) is 11.7. The number of rotatable bonds is 5. The van der Waals surface area contributed by atoms with Crippen LogP contribution in [0.2, 0.25) is 0 Å². The monoisotopic (exact) mass is 276 g/mol. The molecular weight excluding hydrogens is 260 g/mol. The predicted octanol–water partition coefficient (Wildman–Crippen LogP) is 2.70. The van der Waals surface area contributed by atoms with Gasteiger partial charge in [-0.1, -0.05) is 24.8 Å². The molecule has 0 spiro atoms. The van der Waals surface area contributed by atoms with E-state index in [9.17, 15) is 8.42 Å². The number of benzene rings is 1. The van der Waals surface area contributed by atoms with E-state index in [0.717, 1.165) is 12.5 Å². The van der Waals surface area contributed by atoms with Gasteiger partial charge in [0.1, 0.15) is 0 Å². The molecule has 1 aromatic rings. The molecule has 1 aromatic carbocycles. The fraction of sp³-hybridized carbons (Fsp3) is 0.143. The third-order valence-electron chi connectivity index (χ3n) is 2.59. The highest BCUT2D eigenvalue weighted by atomic mass is 32.2. The molecule has 0 saturated carbocycles. The van der Waals surface area contributed by atoms with Gasteiger partial charge >= 0.3 is 0 Å². The smallest absolute Gasteiger partial charge is 0.176 e. The lowest BCUT2D eigenvalue weighted by atomic mass is 9.97. The van der Waals surface area contributed by atoms with E-state index >= 15 is 0 Å². The Hall–Kier alpha value is -2.01. The minimum Gasteiger partial charge on any atom is -0.309 e. The number of allylic oxidation sites excluding steroid dienone is 3. The third kappa shape index (κ3) is 3.26. The van der Waals surface area contributed by atoms with Gasteiger partial charge in [0.25, 0.3) is 0 Å². The van der Waals surface area contributed by atoms with Gasteiger partial charge in [0, 0.05) is 23.7 Å². The van der Waals surface area contributed by atoms with Gasteiger partial charge in [-0.05, 0) is 30.2 Å². The van der Waals surface area contributed by atoms with Crippen LogP contribution in [-0.2, 0) is 9.84 Å². The number of sulfone groups is 1. The van der Waals surface area contributed by atoms with Gasteiger partial charge in [0.05, 0.1) is 4.90 Å². The minimum atomic E-state index is -3.42. The first-order valence-electron chi connectivity index (χ1n) is 5.55. The van der Waals surface area contributed by atoms with Crippen LogP contribution < -0.4 is 0 Å². The Morgan fingerprint density at radius 2 is 2.00 bits per heavy atom. The average Bonchev–Trinajstić information content (AvgIpc) is 2.33. The van der Waals surface area contributed by atoms with Gasteiger partial charge in [0.2, 0.25) is 0 Å². The van der Waals surface area contributed by atoms with Gasteiger partial charge in [-0.25, -0.2) is 8.42 Å². The molecule has 0 radical (unpaired) electrons. The van der Waals surface area contributed by atoms with E-state index in [0.29, 0.717) is 16.7 Å². The van der Waals surface area contributed by atoms with Gasteiger partial charge in [-0.2, -0.15) is 0 Å². The van der Waals surface area contributed by atoms with E-state index in [-0.39, 0.29) is 10.6 Å². The van der Waals surface area contributed by atoms with Crippen molar-refractivity contribution in [2.24, 2.45) is 0 Å². The summed E-state index contributed by atoms with van der Waals surface area (Å²) in [4.78, 5) is 0.121. The Kier molecular flexibility index (Phi) is 4.56. The van der Waals surface area contributed by atoms with E-state index in [2.05, 4.69) is 6.58 Å². The van der Waals surface area contributed by atoms with Crippen LogP contribution in [0.1, 0.15) is 18.1 Å². The van der Waals surface area contributed by atoms with Crippen molar-refractivity contribution in [1.82, 2.24) is 0 Å². The fourth-order valence-corrected chi connectivity index (χ4v) is 2.78. The van der Waals surface area contributed by atoms with Crippen molar-refractivity contribution < 1.29 is 8.42 Å². The molecule has 2 N–H and O–H groups in total. The summed E-state index contributed by atoms with van der Waals surface area (Å²) in [6, 6.07) is 4.83. The Balaban J connectivity index is 3.77. The second-order valence-corrected chi connectivity index (χ2v) is 6.05. The van der Waals surface area contributed by atoms with Crippen molar-refractivity contribution in [2.45, 2.75) is 11.8 Å². The maximum absolute atomic E-state index is 11.8. The zero-order chi connectivity index (χ0) is 14.6. The molecule has 0 aliphatic heterocycles. The Morgan fingerprint density at radius 1 is 1.37 bits per heavy atom. The van der Waals surface area contributed by atoms with Gasteiger partial charge in [0.15, 0.2) is 9.84 Å². The molecule has 0 aromatic heterocycles. The highest BCUT2D eigenvalue weighted by Crippen LogP contribution is 2.26. The molecule has 0 heterocycles. The first kappa shape index (κ1) is 15.0. The molecule has 0 bridgehead atoms. The SMILES string of the molecule is C=C/C(=C\C=N)c1cccc(S(C)(=O)=O)c1C(C)=N. The number of hydrogen-bond donors (Lipinski definition) is 2. The van der Waals surface area contributed by atoms with E-state index in [1.807, 2.05) is 0 Å². The third-order valence-corrected chi connectivity index (χ3v) is 3.73. The maximum Gasteiger partial charge on any atom is 0.176 e. The zero-order valence-electron chi connectivity index (χ0n) is 10.9. The molecule has 0 unspecified atom stereocenters. The van der Waals surface area contributed by atoms with E-state index in [4.69, 9.17) is 10.8 Å². The van der Waals surface area contributed by atoms with Gasteiger partial charge in [-0.3, -0.25) is 0 Å². The Labute approximate surface area is 113 Å². The summed E-state index contributed by atoms with van der Waals surface area (Å²) in [5.74, 6) is 0. The number of nitrogens with one attached hydrogen (secondary N) is 2. The quantitative estimate of drug-likeness (QED) is 0.640. The molecule has 19 heavy (non-hydrogen) atoms. The summed E-state index contributed by atoms with van der Waals surface area (Å²) in [6.07, 6.45) is 5.28. The second-order valence-electron chi connectivity index (χ2n) is 4.07. The van der Waals surface area contributed by atoms with Crippen LogP contribution in [0.3, 0.4) is 0 Å². The van der Waals surface area contributed by atoms with Gasteiger partial charge < -0.3 is 10.8 Å². The van der Waals surface area contributed by atoms with Crippen molar-refractivity contribution in [3.8, 4) is 0 Å². The van der Waals surface area contributed by atoms with Crippen LogP contribution in [0.4, 0.5) is 0 Å². The first-order valence-corrected chi connectivity index (χ1v) is 7.44. The summed E-state index contributed by atoms with van der Waals surface area (Å²) < 4.78 is 23.6. The van der Waals surface area contributed by atoms with Crippen LogP contribution in [0.25, 0.3) is 5.57 Å². The summed E-state index contributed by atoms with van der Waals surface area (Å²) in [6.45, 7) is 5.20. The Bertz CT molecular complexity index is 671. The molecule has 4 nitrogen and oxygen atoms in total. The molecule has 5 heteroatoms.